The summed E-state index contributed by atoms with van der Waals surface area (Å²) in [5.41, 5.74) is 0. The highest BCUT2D eigenvalue weighted by Gasteiger charge is 2.19. The molecule has 6 nitrogen and oxygen atoms in total. The summed E-state index contributed by atoms with van der Waals surface area (Å²) < 4.78 is 16.6. The molecule has 0 radical (unpaired) electrons. The van der Waals surface area contributed by atoms with Crippen molar-refractivity contribution < 1.29 is 28.6 Å². The molecule has 0 aromatic carbocycles. The molecule has 0 heterocycles. The van der Waals surface area contributed by atoms with Gasteiger partial charge >= 0.3 is 17.9 Å². The first kappa shape index (κ1) is 48.4. The Bertz CT molecular complexity index is 918. The van der Waals surface area contributed by atoms with Crippen molar-refractivity contribution in [3.63, 3.8) is 0 Å². The maximum absolute atomic E-state index is 12.6. The van der Waals surface area contributed by atoms with E-state index in [2.05, 4.69) is 69.4 Å². The summed E-state index contributed by atoms with van der Waals surface area (Å²) in [4.78, 5) is 37.4. The fraction of sp³-hybridized carbons (Fsp3) is 0.756. The number of hydrogen-bond donors (Lipinski definition) is 0. The van der Waals surface area contributed by atoms with E-state index in [0.29, 0.717) is 19.3 Å². The van der Waals surface area contributed by atoms with Crippen molar-refractivity contribution in [3.8, 4) is 0 Å². The van der Waals surface area contributed by atoms with Gasteiger partial charge in [0.05, 0.1) is 0 Å². The third kappa shape index (κ3) is 38.4. The molecule has 1 unspecified atom stereocenters. The van der Waals surface area contributed by atoms with Crippen molar-refractivity contribution in [2.75, 3.05) is 13.2 Å². The fourth-order valence-corrected chi connectivity index (χ4v) is 5.62. The molecular formula is C45H78O6. The Morgan fingerprint density at radius 2 is 0.765 bits per heavy atom. The molecule has 294 valence electrons. The maximum Gasteiger partial charge on any atom is 0.306 e. The number of rotatable bonds is 37. The Balaban J connectivity index is 4.36. The predicted molar refractivity (Wildman–Crippen MR) is 215 cm³/mol. The number of ether oxygens (including phenoxy) is 3. The highest BCUT2D eigenvalue weighted by atomic mass is 16.6. The Morgan fingerprint density at radius 3 is 1.24 bits per heavy atom. The molecule has 0 fully saturated rings. The average Bonchev–Trinajstić information content (AvgIpc) is 3.13. The molecule has 0 aliphatic heterocycles. The topological polar surface area (TPSA) is 78.9 Å². The van der Waals surface area contributed by atoms with Gasteiger partial charge in [0.15, 0.2) is 6.10 Å². The molecule has 0 aromatic rings. The number of carbonyl (C=O) groups excluding carboxylic acids is 3. The second-order valence-electron chi connectivity index (χ2n) is 13.9. The van der Waals surface area contributed by atoms with Gasteiger partial charge in [0.2, 0.25) is 0 Å². The third-order valence-corrected chi connectivity index (χ3v) is 8.82. The van der Waals surface area contributed by atoms with Crippen LogP contribution in [0.2, 0.25) is 0 Å². The van der Waals surface area contributed by atoms with Crippen molar-refractivity contribution in [1.29, 1.82) is 0 Å². The summed E-state index contributed by atoms with van der Waals surface area (Å²) >= 11 is 0. The molecule has 0 amide bonds. The van der Waals surface area contributed by atoms with Gasteiger partial charge in [-0.05, 0) is 77.0 Å². The highest BCUT2D eigenvalue weighted by molar-refractivity contribution is 5.71. The van der Waals surface area contributed by atoms with E-state index in [4.69, 9.17) is 14.2 Å². The monoisotopic (exact) mass is 715 g/mol. The first-order valence-corrected chi connectivity index (χ1v) is 21.1. The highest BCUT2D eigenvalue weighted by Crippen LogP contribution is 2.12. The smallest absolute Gasteiger partial charge is 0.306 e. The number of unbranched alkanes of at least 4 members (excludes halogenated alkanes) is 18. The Hall–Kier alpha value is -2.63. The number of allylic oxidation sites excluding steroid dienone is 8. The van der Waals surface area contributed by atoms with E-state index in [9.17, 15) is 14.4 Å². The summed E-state index contributed by atoms with van der Waals surface area (Å²) in [7, 11) is 0. The lowest BCUT2D eigenvalue weighted by Gasteiger charge is -2.18. The van der Waals surface area contributed by atoms with Crippen LogP contribution in [0.4, 0.5) is 0 Å². The van der Waals surface area contributed by atoms with Gasteiger partial charge in [0.1, 0.15) is 13.2 Å². The second-order valence-corrected chi connectivity index (χ2v) is 13.9. The van der Waals surface area contributed by atoms with Crippen molar-refractivity contribution in [1.82, 2.24) is 0 Å². The standard InChI is InChI=1S/C45H78O6/c1-4-7-10-13-16-18-20-22-24-25-27-29-32-35-38-44(47)50-41-42(40-49-43(46)37-34-31-15-12-9-6-3)51-45(48)39-36-33-30-28-26-23-21-19-17-14-11-8-5-2/h8,11,17,19-20,22-23,26,42H,4-7,9-10,12-16,18,21,24-25,27-41H2,1-3H3/b11-8-,19-17-,22-20-,26-23-. The quantitative estimate of drug-likeness (QED) is 0.0276. The molecule has 0 saturated carbocycles. The first-order valence-electron chi connectivity index (χ1n) is 21.1. The van der Waals surface area contributed by atoms with Crippen LogP contribution in [0.5, 0.6) is 0 Å². The molecule has 0 aromatic heterocycles. The summed E-state index contributed by atoms with van der Waals surface area (Å²) in [6.07, 6.45) is 45.4. The molecule has 51 heavy (non-hydrogen) atoms. The predicted octanol–water partition coefficient (Wildman–Crippen LogP) is 13.2. The molecule has 0 N–H and O–H groups in total. The minimum Gasteiger partial charge on any atom is -0.462 e. The summed E-state index contributed by atoms with van der Waals surface area (Å²) in [5.74, 6) is -0.941. The minimum atomic E-state index is -0.784. The van der Waals surface area contributed by atoms with Crippen molar-refractivity contribution >= 4 is 17.9 Å². The molecule has 0 saturated heterocycles. The van der Waals surface area contributed by atoms with E-state index >= 15 is 0 Å². The fourth-order valence-electron chi connectivity index (χ4n) is 5.62. The van der Waals surface area contributed by atoms with Crippen LogP contribution in [0.15, 0.2) is 48.6 Å². The normalized spacial score (nSPS) is 12.5. The zero-order chi connectivity index (χ0) is 37.3. The molecule has 6 heteroatoms. The van der Waals surface area contributed by atoms with Gasteiger partial charge in [0.25, 0.3) is 0 Å². The van der Waals surface area contributed by atoms with Crippen LogP contribution < -0.4 is 0 Å². The van der Waals surface area contributed by atoms with Gasteiger partial charge in [-0.3, -0.25) is 14.4 Å². The van der Waals surface area contributed by atoms with Gasteiger partial charge in [-0.15, -0.1) is 0 Å². The number of esters is 3. The third-order valence-electron chi connectivity index (χ3n) is 8.82. The summed E-state index contributed by atoms with van der Waals surface area (Å²) in [6, 6.07) is 0. The van der Waals surface area contributed by atoms with Crippen LogP contribution in [0, 0.1) is 0 Å². The lowest BCUT2D eigenvalue weighted by Crippen LogP contribution is -2.30. The van der Waals surface area contributed by atoms with Gasteiger partial charge in [-0.2, -0.15) is 0 Å². The molecule has 0 aliphatic rings. The lowest BCUT2D eigenvalue weighted by molar-refractivity contribution is -0.167. The largest absolute Gasteiger partial charge is 0.462 e. The second kappa shape index (κ2) is 40.1. The Labute approximate surface area is 314 Å². The number of hydrogen-bond acceptors (Lipinski definition) is 6. The molecular weight excluding hydrogens is 636 g/mol. The van der Waals surface area contributed by atoms with Crippen molar-refractivity contribution in [2.45, 2.75) is 207 Å². The molecule has 1 atom stereocenters. The zero-order valence-corrected chi connectivity index (χ0v) is 33.4. The molecule has 0 rings (SSSR count). The van der Waals surface area contributed by atoms with Crippen molar-refractivity contribution in [3.05, 3.63) is 48.6 Å². The summed E-state index contributed by atoms with van der Waals surface area (Å²) in [6.45, 7) is 6.40. The SMILES string of the molecule is CC/C=C\C/C=C\C/C=C\CCCCCC(=O)OC(COC(=O)CCCCCCCC)COC(=O)CCCCCCC/C=C\CCCCCCC. The van der Waals surface area contributed by atoms with Gasteiger partial charge in [0, 0.05) is 19.3 Å². The zero-order valence-electron chi connectivity index (χ0n) is 33.4. The van der Waals surface area contributed by atoms with Crippen LogP contribution in [0.3, 0.4) is 0 Å². The number of carbonyl (C=O) groups is 3. The van der Waals surface area contributed by atoms with E-state index in [0.717, 1.165) is 89.9 Å². The molecule has 0 spiro atoms. The van der Waals surface area contributed by atoms with Crippen molar-refractivity contribution in [2.24, 2.45) is 0 Å². The maximum atomic E-state index is 12.6. The average molecular weight is 715 g/mol. The van der Waals surface area contributed by atoms with Crippen LogP contribution in [-0.2, 0) is 28.6 Å². The summed E-state index contributed by atoms with van der Waals surface area (Å²) in [5, 5.41) is 0. The van der Waals surface area contributed by atoms with Gasteiger partial charge in [-0.1, -0.05) is 153 Å². The minimum absolute atomic E-state index is 0.0882. The van der Waals surface area contributed by atoms with Crippen LogP contribution in [0.25, 0.3) is 0 Å². The van der Waals surface area contributed by atoms with Crippen LogP contribution in [0.1, 0.15) is 201 Å². The molecule has 0 aliphatic carbocycles. The Kier molecular flexibility index (Phi) is 38.1. The van der Waals surface area contributed by atoms with Crippen LogP contribution >= 0.6 is 0 Å². The van der Waals surface area contributed by atoms with Crippen LogP contribution in [-0.4, -0.2) is 37.2 Å². The first-order chi connectivity index (χ1) is 25.0. The Morgan fingerprint density at radius 1 is 0.412 bits per heavy atom. The lowest BCUT2D eigenvalue weighted by atomic mass is 10.1. The van der Waals surface area contributed by atoms with E-state index in [1.54, 1.807) is 0 Å². The van der Waals surface area contributed by atoms with Gasteiger partial charge < -0.3 is 14.2 Å². The van der Waals surface area contributed by atoms with E-state index in [-0.39, 0.29) is 31.1 Å². The van der Waals surface area contributed by atoms with Gasteiger partial charge in [-0.25, -0.2) is 0 Å². The van der Waals surface area contributed by atoms with E-state index in [1.807, 2.05) is 0 Å². The van der Waals surface area contributed by atoms with E-state index in [1.165, 1.54) is 70.6 Å². The van der Waals surface area contributed by atoms with E-state index < -0.39 is 6.10 Å². The molecule has 0 bridgehead atoms.